The number of Topliss-reactive ketones (excluding diaryl/α,β-unsaturated/α-hetero) is 1. The summed E-state index contributed by atoms with van der Waals surface area (Å²) in [5.41, 5.74) is -0.501. The highest BCUT2D eigenvalue weighted by Gasteiger charge is 2.48. The summed E-state index contributed by atoms with van der Waals surface area (Å²) in [6, 6.07) is 0. The molecule has 1 aliphatic heterocycles. The minimum absolute atomic E-state index is 0.158. The molecule has 100 valence electrons. The number of rotatable bonds is 2. The van der Waals surface area contributed by atoms with Crippen molar-refractivity contribution >= 4 is 11.7 Å². The Balaban J connectivity index is 2.21. The molecule has 1 spiro atoms. The third-order valence-corrected chi connectivity index (χ3v) is 4.05. The molecule has 0 N–H and O–H groups in total. The maximum atomic E-state index is 12.4. The van der Waals surface area contributed by atoms with Gasteiger partial charge in [0.05, 0.1) is 0 Å². The fourth-order valence-electron chi connectivity index (χ4n) is 3.16. The number of hydrogen-bond acceptors (Lipinski definition) is 2. The summed E-state index contributed by atoms with van der Waals surface area (Å²) in [6.07, 6.45) is 8.66. The normalized spacial score (nSPS) is 28.2. The molecule has 1 atom stereocenters. The molecular formula is C15H23NO2. The zero-order chi connectivity index (χ0) is 13.2. The van der Waals surface area contributed by atoms with Gasteiger partial charge in [-0.3, -0.25) is 9.59 Å². The highest BCUT2D eigenvalue weighted by Crippen LogP contribution is 2.37. The molecule has 1 unspecified atom stereocenters. The Morgan fingerprint density at radius 3 is 2.94 bits per heavy atom. The van der Waals surface area contributed by atoms with E-state index in [1.807, 2.05) is 4.90 Å². The third-order valence-electron chi connectivity index (χ3n) is 4.05. The molecule has 18 heavy (non-hydrogen) atoms. The number of allylic oxidation sites excluding steroid dienone is 1. The molecular weight excluding hydrogens is 226 g/mol. The first-order chi connectivity index (χ1) is 8.56. The van der Waals surface area contributed by atoms with Crippen LogP contribution in [0.1, 0.15) is 52.4 Å². The van der Waals surface area contributed by atoms with Crippen molar-refractivity contribution < 1.29 is 9.59 Å². The van der Waals surface area contributed by atoms with E-state index in [1.54, 1.807) is 0 Å². The van der Waals surface area contributed by atoms with Gasteiger partial charge in [0, 0.05) is 19.4 Å². The second kappa shape index (κ2) is 5.25. The van der Waals surface area contributed by atoms with Gasteiger partial charge in [-0.1, -0.05) is 26.0 Å². The van der Waals surface area contributed by atoms with Gasteiger partial charge < -0.3 is 4.90 Å². The standard InChI is InChI=1S/C15H23NO2/c1-12(2)11-14(18)16-10-6-9-15(16)8-5-3-4-7-13(15)17/h3,5,12H,4,6-11H2,1-2H3. The van der Waals surface area contributed by atoms with Gasteiger partial charge in [0.1, 0.15) is 5.54 Å². The summed E-state index contributed by atoms with van der Waals surface area (Å²) in [7, 11) is 0. The molecule has 1 heterocycles. The summed E-state index contributed by atoms with van der Waals surface area (Å²) in [4.78, 5) is 26.6. The van der Waals surface area contributed by atoms with Gasteiger partial charge in [-0.15, -0.1) is 0 Å². The van der Waals surface area contributed by atoms with E-state index in [2.05, 4.69) is 26.0 Å². The first-order valence-electron chi connectivity index (χ1n) is 7.05. The molecule has 2 rings (SSSR count). The second-order valence-electron chi connectivity index (χ2n) is 5.92. The Bertz CT molecular complexity index is 373. The van der Waals surface area contributed by atoms with E-state index in [0.717, 1.165) is 32.2 Å². The van der Waals surface area contributed by atoms with Gasteiger partial charge in [-0.05, 0) is 31.6 Å². The number of carbonyl (C=O) groups is 2. The zero-order valence-corrected chi connectivity index (χ0v) is 11.4. The Labute approximate surface area is 109 Å². The van der Waals surface area contributed by atoms with Crippen molar-refractivity contribution in [3.8, 4) is 0 Å². The molecule has 0 saturated carbocycles. The minimum atomic E-state index is -0.501. The van der Waals surface area contributed by atoms with Crippen LogP contribution < -0.4 is 0 Å². The molecule has 1 amide bonds. The summed E-state index contributed by atoms with van der Waals surface area (Å²) in [5, 5.41) is 0. The van der Waals surface area contributed by atoms with Crippen LogP contribution in [0.2, 0.25) is 0 Å². The predicted octanol–water partition coefficient (Wildman–Crippen LogP) is 2.70. The molecule has 1 aliphatic carbocycles. The van der Waals surface area contributed by atoms with Crippen LogP contribution in [0.3, 0.4) is 0 Å². The van der Waals surface area contributed by atoms with E-state index in [4.69, 9.17) is 0 Å². The van der Waals surface area contributed by atoms with Gasteiger partial charge in [0.25, 0.3) is 0 Å². The maximum absolute atomic E-state index is 12.4. The monoisotopic (exact) mass is 249 g/mol. The Hall–Kier alpha value is -1.12. The molecule has 3 heteroatoms. The average molecular weight is 249 g/mol. The Morgan fingerprint density at radius 1 is 1.44 bits per heavy atom. The van der Waals surface area contributed by atoms with Crippen molar-refractivity contribution in [3.63, 3.8) is 0 Å². The highest BCUT2D eigenvalue weighted by atomic mass is 16.2. The molecule has 1 fully saturated rings. The van der Waals surface area contributed by atoms with Crippen LogP contribution in [0, 0.1) is 5.92 Å². The van der Waals surface area contributed by atoms with E-state index in [-0.39, 0.29) is 11.7 Å². The van der Waals surface area contributed by atoms with Crippen molar-refractivity contribution in [3.05, 3.63) is 12.2 Å². The molecule has 1 saturated heterocycles. The molecule has 2 aliphatic rings. The lowest BCUT2D eigenvalue weighted by atomic mass is 9.86. The highest BCUT2D eigenvalue weighted by molar-refractivity contribution is 5.94. The lowest BCUT2D eigenvalue weighted by Crippen LogP contribution is -2.52. The van der Waals surface area contributed by atoms with Crippen LogP contribution in [-0.2, 0) is 9.59 Å². The number of amides is 1. The largest absolute Gasteiger partial charge is 0.330 e. The van der Waals surface area contributed by atoms with E-state index in [1.165, 1.54) is 0 Å². The summed E-state index contributed by atoms with van der Waals surface area (Å²) in [5.74, 6) is 0.778. The number of likely N-dealkylation sites (tertiary alicyclic amines) is 1. The van der Waals surface area contributed by atoms with Crippen LogP contribution >= 0.6 is 0 Å². The smallest absolute Gasteiger partial charge is 0.223 e. The van der Waals surface area contributed by atoms with Crippen LogP contribution in [0.25, 0.3) is 0 Å². The Kier molecular flexibility index (Phi) is 3.88. The number of nitrogens with zero attached hydrogens (tertiary/aromatic N) is 1. The van der Waals surface area contributed by atoms with Gasteiger partial charge in [0.15, 0.2) is 5.78 Å². The van der Waals surface area contributed by atoms with Gasteiger partial charge in [-0.25, -0.2) is 0 Å². The fraction of sp³-hybridized carbons (Fsp3) is 0.733. The van der Waals surface area contributed by atoms with Crippen molar-refractivity contribution in [2.45, 2.75) is 57.9 Å². The van der Waals surface area contributed by atoms with E-state index in [0.29, 0.717) is 18.8 Å². The summed E-state index contributed by atoms with van der Waals surface area (Å²) >= 11 is 0. The topological polar surface area (TPSA) is 37.4 Å². The lowest BCUT2D eigenvalue weighted by molar-refractivity contribution is -0.144. The zero-order valence-electron chi connectivity index (χ0n) is 11.4. The number of carbonyl (C=O) groups excluding carboxylic acids is 2. The van der Waals surface area contributed by atoms with Crippen LogP contribution in [0.15, 0.2) is 12.2 Å². The maximum Gasteiger partial charge on any atom is 0.223 e. The van der Waals surface area contributed by atoms with Crippen molar-refractivity contribution in [2.24, 2.45) is 5.92 Å². The molecule has 0 radical (unpaired) electrons. The SMILES string of the molecule is CC(C)CC(=O)N1CCCC12CC=CCCC2=O. The van der Waals surface area contributed by atoms with E-state index in [9.17, 15) is 9.59 Å². The predicted molar refractivity (Wildman–Crippen MR) is 71.1 cm³/mol. The van der Waals surface area contributed by atoms with Crippen molar-refractivity contribution in [2.75, 3.05) is 6.54 Å². The van der Waals surface area contributed by atoms with Gasteiger partial charge >= 0.3 is 0 Å². The fourth-order valence-corrected chi connectivity index (χ4v) is 3.16. The summed E-state index contributed by atoms with van der Waals surface area (Å²) < 4.78 is 0. The van der Waals surface area contributed by atoms with Crippen LogP contribution in [0.4, 0.5) is 0 Å². The lowest BCUT2D eigenvalue weighted by Gasteiger charge is -2.36. The van der Waals surface area contributed by atoms with Crippen molar-refractivity contribution in [1.29, 1.82) is 0 Å². The molecule has 3 nitrogen and oxygen atoms in total. The molecule has 0 bridgehead atoms. The Morgan fingerprint density at radius 2 is 2.22 bits per heavy atom. The minimum Gasteiger partial charge on any atom is -0.330 e. The van der Waals surface area contributed by atoms with Crippen molar-refractivity contribution in [1.82, 2.24) is 4.90 Å². The van der Waals surface area contributed by atoms with Crippen LogP contribution in [-0.4, -0.2) is 28.7 Å². The summed E-state index contributed by atoms with van der Waals surface area (Å²) in [6.45, 7) is 4.86. The number of ketones is 1. The molecule has 0 aromatic heterocycles. The van der Waals surface area contributed by atoms with Crippen LogP contribution in [0.5, 0.6) is 0 Å². The van der Waals surface area contributed by atoms with Gasteiger partial charge in [-0.2, -0.15) is 0 Å². The average Bonchev–Trinajstić information content (AvgIpc) is 2.63. The third kappa shape index (κ3) is 2.36. The first kappa shape index (κ1) is 13.3. The molecule has 0 aromatic carbocycles. The number of hydrogen-bond donors (Lipinski definition) is 0. The molecule has 0 aromatic rings. The van der Waals surface area contributed by atoms with E-state index >= 15 is 0 Å². The van der Waals surface area contributed by atoms with Gasteiger partial charge in [0.2, 0.25) is 5.91 Å². The first-order valence-corrected chi connectivity index (χ1v) is 7.05. The van der Waals surface area contributed by atoms with E-state index < -0.39 is 5.54 Å². The second-order valence-corrected chi connectivity index (χ2v) is 5.92. The quantitative estimate of drug-likeness (QED) is 0.706.